The van der Waals surface area contributed by atoms with Gasteiger partial charge in [-0.3, -0.25) is 0 Å². The first kappa shape index (κ1) is 13.1. The Morgan fingerprint density at radius 1 is 1.39 bits per heavy atom. The predicted molar refractivity (Wildman–Crippen MR) is 72.2 cm³/mol. The van der Waals surface area contributed by atoms with Gasteiger partial charge in [-0.15, -0.1) is 0 Å². The number of hydrogen-bond acceptors (Lipinski definition) is 2. The van der Waals surface area contributed by atoms with Crippen LogP contribution in [-0.4, -0.2) is 12.7 Å². The zero-order chi connectivity index (χ0) is 13.0. The molecule has 0 N–H and O–H groups in total. The highest BCUT2D eigenvalue weighted by molar-refractivity contribution is 5.27. The lowest BCUT2D eigenvalue weighted by atomic mass is 9.69. The van der Waals surface area contributed by atoms with E-state index in [0.29, 0.717) is 12.3 Å². The van der Waals surface area contributed by atoms with Gasteiger partial charge in [-0.05, 0) is 24.3 Å². The lowest BCUT2D eigenvalue weighted by molar-refractivity contribution is -0.0441. The van der Waals surface area contributed by atoms with Crippen LogP contribution < -0.4 is 0 Å². The third-order valence-corrected chi connectivity index (χ3v) is 4.05. The van der Waals surface area contributed by atoms with Crippen molar-refractivity contribution in [2.24, 2.45) is 5.92 Å². The van der Waals surface area contributed by atoms with Gasteiger partial charge in [0.05, 0.1) is 12.2 Å². The van der Waals surface area contributed by atoms with Crippen LogP contribution in [0.2, 0.25) is 0 Å². The molecule has 1 heterocycles. The zero-order valence-corrected chi connectivity index (χ0v) is 11.2. The maximum atomic E-state index is 9.18. The Labute approximate surface area is 110 Å². The number of ether oxygens (including phenoxy) is 1. The summed E-state index contributed by atoms with van der Waals surface area (Å²) in [5.74, 6) is 0.507. The van der Waals surface area contributed by atoms with Gasteiger partial charge in [0.2, 0.25) is 0 Å². The molecule has 0 aliphatic carbocycles. The van der Waals surface area contributed by atoms with Gasteiger partial charge in [0.15, 0.2) is 0 Å². The summed E-state index contributed by atoms with van der Waals surface area (Å²) in [6.45, 7) is 5.15. The van der Waals surface area contributed by atoms with E-state index in [0.717, 1.165) is 19.4 Å². The molecule has 0 radical (unpaired) electrons. The van der Waals surface area contributed by atoms with E-state index in [4.69, 9.17) is 4.74 Å². The van der Waals surface area contributed by atoms with E-state index in [1.165, 1.54) is 5.56 Å². The molecule has 0 aromatic heterocycles. The molecular formula is C16H21NO. The van der Waals surface area contributed by atoms with Gasteiger partial charge in [0.1, 0.15) is 0 Å². The number of rotatable bonds is 3. The van der Waals surface area contributed by atoms with Crippen molar-refractivity contribution in [1.29, 1.82) is 5.26 Å². The Hall–Kier alpha value is -1.33. The molecule has 0 saturated carbocycles. The van der Waals surface area contributed by atoms with Gasteiger partial charge < -0.3 is 4.74 Å². The Kier molecular flexibility index (Phi) is 4.04. The normalized spacial score (nSPS) is 28.0. The molecule has 0 unspecified atom stereocenters. The standard InChI is InChI=1S/C16H21NO/c1-13(2)15-12-16(8-10-17,9-11-18-15)14-6-4-3-5-7-14/h3-7,13,15H,8-9,11-12H2,1-2H3/t15-,16-/m1/s1. The van der Waals surface area contributed by atoms with Crippen molar-refractivity contribution in [1.82, 2.24) is 0 Å². The second-order valence-corrected chi connectivity index (χ2v) is 5.59. The van der Waals surface area contributed by atoms with Crippen molar-refractivity contribution in [2.45, 2.75) is 44.6 Å². The Morgan fingerprint density at radius 3 is 2.72 bits per heavy atom. The third kappa shape index (κ3) is 2.57. The van der Waals surface area contributed by atoms with Crippen molar-refractivity contribution in [3.05, 3.63) is 35.9 Å². The lowest BCUT2D eigenvalue weighted by Crippen LogP contribution is -2.40. The fraction of sp³-hybridized carbons (Fsp3) is 0.562. The van der Waals surface area contributed by atoms with Crippen LogP contribution in [0.1, 0.15) is 38.7 Å². The van der Waals surface area contributed by atoms with E-state index in [-0.39, 0.29) is 11.5 Å². The molecule has 2 heteroatoms. The highest BCUT2D eigenvalue weighted by Crippen LogP contribution is 2.41. The average Bonchev–Trinajstić information content (AvgIpc) is 2.40. The average molecular weight is 243 g/mol. The van der Waals surface area contributed by atoms with Crippen molar-refractivity contribution in [2.75, 3.05) is 6.61 Å². The molecule has 0 spiro atoms. The minimum atomic E-state index is -0.0107. The molecule has 1 aliphatic rings. The fourth-order valence-corrected chi connectivity index (χ4v) is 2.85. The van der Waals surface area contributed by atoms with Crippen LogP contribution in [-0.2, 0) is 10.2 Å². The Balaban J connectivity index is 2.30. The van der Waals surface area contributed by atoms with Crippen molar-refractivity contribution < 1.29 is 4.74 Å². The van der Waals surface area contributed by atoms with Gasteiger partial charge >= 0.3 is 0 Å². The molecular weight excluding hydrogens is 222 g/mol. The smallest absolute Gasteiger partial charge is 0.0631 e. The summed E-state index contributed by atoms with van der Waals surface area (Å²) in [7, 11) is 0. The molecule has 1 fully saturated rings. The highest BCUT2D eigenvalue weighted by Gasteiger charge is 2.39. The molecule has 2 atom stereocenters. The largest absolute Gasteiger partial charge is 0.378 e. The van der Waals surface area contributed by atoms with Crippen LogP contribution in [0.15, 0.2) is 30.3 Å². The van der Waals surface area contributed by atoms with Gasteiger partial charge in [-0.2, -0.15) is 5.26 Å². The summed E-state index contributed by atoms with van der Waals surface area (Å²) in [5, 5.41) is 9.18. The molecule has 1 saturated heterocycles. The van der Waals surface area contributed by atoms with E-state index in [1.807, 2.05) is 6.07 Å². The number of benzene rings is 1. The maximum absolute atomic E-state index is 9.18. The van der Waals surface area contributed by atoms with Crippen molar-refractivity contribution in [3.63, 3.8) is 0 Å². The lowest BCUT2D eigenvalue weighted by Gasteiger charge is -2.41. The molecule has 18 heavy (non-hydrogen) atoms. The first-order chi connectivity index (χ1) is 8.68. The van der Waals surface area contributed by atoms with Crippen LogP contribution >= 0.6 is 0 Å². The van der Waals surface area contributed by atoms with E-state index < -0.39 is 0 Å². The van der Waals surface area contributed by atoms with Crippen LogP contribution in [0.3, 0.4) is 0 Å². The zero-order valence-electron chi connectivity index (χ0n) is 11.2. The summed E-state index contributed by atoms with van der Waals surface area (Å²) in [6.07, 6.45) is 2.77. The molecule has 96 valence electrons. The molecule has 1 aromatic rings. The Morgan fingerprint density at radius 2 is 2.11 bits per heavy atom. The predicted octanol–water partition coefficient (Wildman–Crippen LogP) is 3.67. The van der Waals surface area contributed by atoms with Gasteiger partial charge in [0.25, 0.3) is 0 Å². The van der Waals surface area contributed by atoms with E-state index in [1.54, 1.807) is 0 Å². The van der Waals surface area contributed by atoms with Gasteiger partial charge in [0, 0.05) is 18.4 Å². The maximum Gasteiger partial charge on any atom is 0.0631 e. The van der Waals surface area contributed by atoms with Crippen LogP contribution in [0.5, 0.6) is 0 Å². The van der Waals surface area contributed by atoms with Crippen LogP contribution in [0.4, 0.5) is 0 Å². The van der Waals surface area contributed by atoms with E-state index in [9.17, 15) is 5.26 Å². The van der Waals surface area contributed by atoms with Crippen LogP contribution in [0, 0.1) is 17.2 Å². The molecule has 1 aliphatic heterocycles. The molecule has 2 nitrogen and oxygen atoms in total. The van der Waals surface area contributed by atoms with E-state index in [2.05, 4.69) is 44.2 Å². The molecule has 0 bridgehead atoms. The summed E-state index contributed by atoms with van der Waals surface area (Å²) < 4.78 is 5.85. The number of nitriles is 1. The van der Waals surface area contributed by atoms with Crippen molar-refractivity contribution in [3.8, 4) is 6.07 Å². The minimum absolute atomic E-state index is 0.0107. The van der Waals surface area contributed by atoms with Gasteiger partial charge in [-0.1, -0.05) is 44.2 Å². The van der Waals surface area contributed by atoms with Gasteiger partial charge in [-0.25, -0.2) is 0 Å². The molecule has 2 rings (SSSR count). The summed E-state index contributed by atoms with van der Waals surface area (Å²) >= 11 is 0. The first-order valence-electron chi connectivity index (χ1n) is 6.72. The quantitative estimate of drug-likeness (QED) is 0.811. The first-order valence-corrected chi connectivity index (χ1v) is 6.72. The highest BCUT2D eigenvalue weighted by atomic mass is 16.5. The number of nitrogens with zero attached hydrogens (tertiary/aromatic N) is 1. The Bertz CT molecular complexity index is 420. The summed E-state index contributed by atoms with van der Waals surface area (Å²) in [5.41, 5.74) is 1.28. The van der Waals surface area contributed by atoms with E-state index >= 15 is 0 Å². The summed E-state index contributed by atoms with van der Waals surface area (Å²) in [6, 6.07) is 12.8. The topological polar surface area (TPSA) is 33.0 Å². The molecule has 1 aromatic carbocycles. The van der Waals surface area contributed by atoms with Crippen LogP contribution in [0.25, 0.3) is 0 Å². The third-order valence-electron chi connectivity index (χ3n) is 4.05. The molecule has 0 amide bonds. The summed E-state index contributed by atoms with van der Waals surface area (Å²) in [4.78, 5) is 0. The van der Waals surface area contributed by atoms with Crippen molar-refractivity contribution >= 4 is 0 Å². The SMILES string of the molecule is CC(C)[C@H]1C[C@](CC#N)(c2ccccc2)CCO1. The fourth-order valence-electron chi connectivity index (χ4n) is 2.85. The second kappa shape index (κ2) is 5.54. The monoisotopic (exact) mass is 243 g/mol. The second-order valence-electron chi connectivity index (χ2n) is 5.59. The number of hydrogen-bond donors (Lipinski definition) is 0. The minimum Gasteiger partial charge on any atom is -0.378 e.